The molecule has 0 aliphatic heterocycles. The van der Waals surface area contributed by atoms with Crippen molar-refractivity contribution in [2.75, 3.05) is 0 Å². The van der Waals surface area contributed by atoms with Crippen LogP contribution in [0.15, 0.2) is 216 Å². The first-order chi connectivity index (χ1) is 28.1. The molecule has 0 saturated heterocycles. The first-order valence-electron chi connectivity index (χ1n) is 19.6. The van der Waals surface area contributed by atoms with E-state index in [9.17, 15) is 0 Å². The predicted octanol–water partition coefficient (Wildman–Crippen LogP) is 13.2. The van der Waals surface area contributed by atoms with E-state index in [-0.39, 0.29) is 5.92 Å². The Morgan fingerprint density at radius 1 is 0.561 bits per heavy atom. The molecule has 0 amide bonds. The molecule has 0 bridgehead atoms. The van der Waals surface area contributed by atoms with E-state index in [1.165, 1.54) is 50.1 Å². The quantitative estimate of drug-likeness (QED) is 0.125. The molecule has 1 heterocycles. The summed E-state index contributed by atoms with van der Waals surface area (Å²) >= 11 is 0. The highest BCUT2D eigenvalue weighted by molar-refractivity contribution is 6.09. The van der Waals surface area contributed by atoms with E-state index < -0.39 is 5.41 Å². The summed E-state index contributed by atoms with van der Waals surface area (Å²) in [4.78, 5) is 5.38. The van der Waals surface area contributed by atoms with Gasteiger partial charge in [-0.15, -0.1) is 0 Å². The molecule has 0 unspecified atom stereocenters. The molecule has 3 heteroatoms. The smallest absolute Gasteiger partial charge is 0.136 e. The third-order valence-corrected chi connectivity index (χ3v) is 11.6. The first-order valence-corrected chi connectivity index (χ1v) is 19.6. The van der Waals surface area contributed by atoms with E-state index in [1.54, 1.807) is 0 Å². The lowest BCUT2D eigenvalue weighted by molar-refractivity contribution is 0.669. The Labute approximate surface area is 333 Å². The molecule has 0 radical (unpaired) electrons. The fourth-order valence-corrected chi connectivity index (χ4v) is 8.94. The van der Waals surface area contributed by atoms with Crippen molar-refractivity contribution in [3.8, 4) is 22.3 Å². The van der Waals surface area contributed by atoms with E-state index >= 15 is 0 Å². The van der Waals surface area contributed by atoms with Crippen LogP contribution in [0.1, 0.15) is 51.8 Å². The number of aliphatic imine (C=N–C) groups is 1. The zero-order valence-corrected chi connectivity index (χ0v) is 31.6. The number of hydrogen-bond acceptors (Lipinski definition) is 2. The maximum absolute atomic E-state index is 7.08. The number of furan rings is 1. The van der Waals surface area contributed by atoms with Gasteiger partial charge in [0.1, 0.15) is 17.0 Å². The minimum Gasteiger partial charge on any atom is -0.456 e. The number of para-hydroxylation sites is 1. The fraction of sp³-hybridized carbons (Fsp3) is 0.0556. The first kappa shape index (κ1) is 34.3. The number of nitrogens with two attached hydrogens (primary N) is 1. The van der Waals surface area contributed by atoms with Crippen molar-refractivity contribution >= 4 is 33.5 Å². The van der Waals surface area contributed by atoms with Gasteiger partial charge in [0.2, 0.25) is 0 Å². The molecular formula is C54H40N2O. The maximum Gasteiger partial charge on any atom is 0.136 e. The summed E-state index contributed by atoms with van der Waals surface area (Å²) in [6.07, 6.45) is 2.28. The number of rotatable bonds is 8. The van der Waals surface area contributed by atoms with Crippen LogP contribution in [0.2, 0.25) is 0 Å². The van der Waals surface area contributed by atoms with Crippen LogP contribution in [0.5, 0.6) is 0 Å². The summed E-state index contributed by atoms with van der Waals surface area (Å²) in [5.41, 5.74) is 21.7. The molecule has 1 aromatic heterocycles. The Balaban J connectivity index is 1.20. The Kier molecular flexibility index (Phi) is 8.49. The van der Waals surface area contributed by atoms with Crippen LogP contribution in [-0.2, 0) is 5.41 Å². The second-order valence-electron chi connectivity index (χ2n) is 14.9. The van der Waals surface area contributed by atoms with Gasteiger partial charge in [0, 0.05) is 27.8 Å². The summed E-state index contributed by atoms with van der Waals surface area (Å²) in [6.45, 7) is 2.24. The highest BCUT2D eigenvalue weighted by Crippen LogP contribution is 2.57. The number of allylic oxidation sites excluding steroid dienone is 1. The number of amidine groups is 1. The maximum atomic E-state index is 7.08. The predicted molar refractivity (Wildman–Crippen MR) is 236 cm³/mol. The van der Waals surface area contributed by atoms with Crippen molar-refractivity contribution in [2.24, 2.45) is 10.7 Å². The SMILES string of the molecule is C[C@@H](/C=C(\N=C(N)c1ccc2c(c1)oc1ccccc12)c1cccc2c1-c1ccccc1C2(c1ccccc1)c1ccccc1)c1cccc(-c2ccccc2)c1. The third-order valence-electron chi connectivity index (χ3n) is 11.6. The fourth-order valence-electron chi connectivity index (χ4n) is 8.94. The Morgan fingerprint density at radius 3 is 1.95 bits per heavy atom. The monoisotopic (exact) mass is 732 g/mol. The molecule has 9 aromatic rings. The van der Waals surface area contributed by atoms with Gasteiger partial charge < -0.3 is 10.2 Å². The van der Waals surface area contributed by atoms with Gasteiger partial charge in [-0.25, -0.2) is 4.99 Å². The van der Waals surface area contributed by atoms with Crippen molar-refractivity contribution in [2.45, 2.75) is 18.3 Å². The summed E-state index contributed by atoms with van der Waals surface area (Å²) in [7, 11) is 0. The van der Waals surface area contributed by atoms with Crippen LogP contribution in [0.4, 0.5) is 0 Å². The Bertz CT molecular complexity index is 2940. The van der Waals surface area contributed by atoms with Gasteiger partial charge in [0.05, 0.1) is 11.1 Å². The van der Waals surface area contributed by atoms with Gasteiger partial charge in [-0.2, -0.15) is 0 Å². The zero-order valence-electron chi connectivity index (χ0n) is 31.6. The second kappa shape index (κ2) is 14.1. The number of fused-ring (bicyclic) bond motifs is 6. The van der Waals surface area contributed by atoms with Crippen LogP contribution < -0.4 is 5.73 Å². The van der Waals surface area contributed by atoms with Crippen molar-refractivity contribution in [3.05, 3.63) is 245 Å². The Morgan fingerprint density at radius 2 is 1.18 bits per heavy atom. The largest absolute Gasteiger partial charge is 0.456 e. The molecule has 272 valence electrons. The summed E-state index contributed by atoms with van der Waals surface area (Å²) < 4.78 is 6.28. The lowest BCUT2D eigenvalue weighted by Gasteiger charge is -2.34. The van der Waals surface area contributed by atoms with Crippen LogP contribution in [0, 0.1) is 0 Å². The van der Waals surface area contributed by atoms with Crippen molar-refractivity contribution in [1.29, 1.82) is 0 Å². The molecule has 1 aliphatic carbocycles. The van der Waals surface area contributed by atoms with Gasteiger partial charge in [-0.1, -0.05) is 195 Å². The van der Waals surface area contributed by atoms with Crippen molar-refractivity contribution < 1.29 is 4.42 Å². The molecule has 0 fully saturated rings. The van der Waals surface area contributed by atoms with Gasteiger partial charge in [-0.3, -0.25) is 0 Å². The molecule has 3 nitrogen and oxygen atoms in total. The zero-order chi connectivity index (χ0) is 38.3. The normalized spacial score (nSPS) is 14.1. The van der Waals surface area contributed by atoms with E-state index in [2.05, 4.69) is 183 Å². The van der Waals surface area contributed by atoms with Crippen molar-refractivity contribution in [1.82, 2.24) is 0 Å². The van der Waals surface area contributed by atoms with Crippen LogP contribution in [-0.4, -0.2) is 5.84 Å². The van der Waals surface area contributed by atoms with E-state index in [4.69, 9.17) is 15.1 Å². The van der Waals surface area contributed by atoms with E-state index in [0.717, 1.165) is 38.8 Å². The van der Waals surface area contributed by atoms with E-state index in [0.29, 0.717) is 5.84 Å². The van der Waals surface area contributed by atoms with Crippen LogP contribution in [0.25, 0.3) is 49.9 Å². The molecular weight excluding hydrogens is 693 g/mol. The van der Waals surface area contributed by atoms with Crippen LogP contribution in [0.3, 0.4) is 0 Å². The molecule has 2 N–H and O–H groups in total. The number of benzene rings is 8. The average molecular weight is 733 g/mol. The highest BCUT2D eigenvalue weighted by Gasteiger charge is 2.46. The van der Waals surface area contributed by atoms with E-state index in [1.807, 2.05) is 30.3 Å². The van der Waals surface area contributed by atoms with Gasteiger partial charge in [0.15, 0.2) is 0 Å². The summed E-state index contributed by atoms with van der Waals surface area (Å²) in [6, 6.07) is 71.0. The number of nitrogens with zero attached hydrogens (tertiary/aromatic N) is 1. The van der Waals surface area contributed by atoms with Gasteiger partial charge in [-0.05, 0) is 68.3 Å². The lowest BCUT2D eigenvalue weighted by atomic mass is 9.67. The second-order valence-corrected chi connectivity index (χ2v) is 14.9. The Hall–Kier alpha value is -7.23. The van der Waals surface area contributed by atoms with Crippen molar-refractivity contribution in [3.63, 3.8) is 0 Å². The standard InChI is InChI=1S/C54H40N2O/c1-36(38-19-15-20-39(34-38)37-17-5-2-6-18-37)33-49(56-53(55)40-31-32-44-43-25-12-14-30-50(43)57-51(44)35-40)46-27-16-29-48-52(46)45-26-11-13-28-47(45)54(48,41-21-7-3-8-22-41)42-23-9-4-10-24-42/h2-36H,1H3,(H2,55,56)/b49-33-/t36-/m0/s1. The summed E-state index contributed by atoms with van der Waals surface area (Å²) in [5.74, 6) is 0.439. The number of hydrogen-bond donors (Lipinski definition) is 1. The lowest BCUT2D eigenvalue weighted by Crippen LogP contribution is -2.28. The van der Waals surface area contributed by atoms with Gasteiger partial charge in [0.25, 0.3) is 0 Å². The molecule has 1 aliphatic rings. The third kappa shape index (κ3) is 5.79. The minimum absolute atomic E-state index is 0.0126. The van der Waals surface area contributed by atoms with Crippen LogP contribution >= 0.6 is 0 Å². The molecule has 57 heavy (non-hydrogen) atoms. The van der Waals surface area contributed by atoms with Gasteiger partial charge >= 0.3 is 0 Å². The highest BCUT2D eigenvalue weighted by atomic mass is 16.3. The molecule has 1 atom stereocenters. The topological polar surface area (TPSA) is 51.5 Å². The molecule has 0 saturated carbocycles. The summed E-state index contributed by atoms with van der Waals surface area (Å²) in [5, 5.41) is 2.14. The molecule has 8 aromatic carbocycles. The minimum atomic E-state index is -0.535. The molecule has 10 rings (SSSR count). The molecule has 0 spiro atoms. The average Bonchev–Trinajstić information content (AvgIpc) is 3.81.